The first kappa shape index (κ1) is 34.9. The first-order chi connectivity index (χ1) is 19.4. The molecule has 1 aliphatic heterocycles. The van der Waals surface area contributed by atoms with Crippen molar-refractivity contribution in [2.24, 2.45) is 0 Å². The third kappa shape index (κ3) is 11.5. The molecule has 0 radical (unpaired) electrons. The normalized spacial score (nSPS) is 21.6. The fourth-order valence-electron chi connectivity index (χ4n) is 4.77. The van der Waals surface area contributed by atoms with Crippen molar-refractivity contribution >= 4 is 16.2 Å². The zero-order chi connectivity index (χ0) is 30.6. The van der Waals surface area contributed by atoms with Crippen molar-refractivity contribution in [2.75, 3.05) is 20.3 Å². The molecule has 1 aliphatic rings. The van der Waals surface area contributed by atoms with Crippen molar-refractivity contribution in [1.82, 2.24) is 4.90 Å². The van der Waals surface area contributed by atoms with E-state index in [2.05, 4.69) is 16.1 Å². The maximum absolute atomic E-state index is 12.5. The lowest BCUT2D eigenvalue weighted by molar-refractivity contribution is -0.113. The van der Waals surface area contributed by atoms with Crippen LogP contribution in [0, 0.1) is 0 Å². The molecule has 0 spiro atoms. The monoisotopic (exact) mass is 599 g/mol. The molecule has 0 aromatic heterocycles. The van der Waals surface area contributed by atoms with Gasteiger partial charge >= 0.3 is 10.4 Å². The minimum atomic E-state index is -4.99. The van der Waals surface area contributed by atoms with E-state index in [4.69, 9.17) is 25.0 Å². The van der Waals surface area contributed by atoms with Crippen molar-refractivity contribution in [1.29, 1.82) is 0 Å². The van der Waals surface area contributed by atoms with Crippen molar-refractivity contribution in [3.8, 4) is 0 Å². The Morgan fingerprint density at radius 1 is 0.902 bits per heavy atom. The second-order valence-electron chi connectivity index (χ2n) is 10.0. The lowest BCUT2D eigenvalue weighted by atomic mass is 9.88. The summed E-state index contributed by atoms with van der Waals surface area (Å²) in [5.74, 6) is 0.210. The number of benzene rings is 2. The van der Waals surface area contributed by atoms with E-state index < -0.39 is 54.1 Å². The Morgan fingerprint density at radius 3 is 1.98 bits per heavy atom. The van der Waals surface area contributed by atoms with E-state index in [-0.39, 0.29) is 11.8 Å². The topological polar surface area (TPSA) is 205 Å². The Bertz CT molecular complexity index is 1140. The summed E-state index contributed by atoms with van der Waals surface area (Å²) in [5.41, 5.74) is 1.76. The Labute approximate surface area is 240 Å². The number of aliphatic hydroxyl groups excluding tert-OH is 6. The van der Waals surface area contributed by atoms with E-state index in [1.165, 1.54) is 0 Å². The van der Waals surface area contributed by atoms with E-state index in [9.17, 15) is 23.4 Å². The van der Waals surface area contributed by atoms with Crippen LogP contribution in [0.5, 0.6) is 0 Å². The third-order valence-corrected chi connectivity index (χ3v) is 7.61. The summed E-state index contributed by atoms with van der Waals surface area (Å²) in [6.45, 7) is -1.90. The summed E-state index contributed by atoms with van der Waals surface area (Å²) in [6.07, 6.45) is -3.60. The van der Waals surface area contributed by atoms with Crippen LogP contribution in [-0.2, 0) is 14.6 Å². The summed E-state index contributed by atoms with van der Waals surface area (Å²) in [4.78, 5) is 14.8. The van der Waals surface area contributed by atoms with E-state index in [1.54, 1.807) is 0 Å². The molecule has 41 heavy (non-hydrogen) atoms. The summed E-state index contributed by atoms with van der Waals surface area (Å²) in [5, 5.41) is 54.9. The van der Waals surface area contributed by atoms with E-state index >= 15 is 0 Å². The van der Waals surface area contributed by atoms with Gasteiger partial charge in [-0.15, -0.1) is 0 Å². The Hall–Kier alpha value is -2.30. The highest BCUT2D eigenvalue weighted by Gasteiger charge is 2.36. The van der Waals surface area contributed by atoms with Gasteiger partial charge in [-0.2, -0.15) is 8.42 Å². The number of aliphatic hydroxyl groups is 6. The van der Waals surface area contributed by atoms with Crippen LogP contribution in [0.15, 0.2) is 60.7 Å². The minimum Gasteiger partial charge on any atom is -0.394 e. The molecular weight excluding hydrogens is 558 g/mol. The molecule has 1 fully saturated rings. The molecule has 1 heterocycles. The van der Waals surface area contributed by atoms with Gasteiger partial charge in [-0.1, -0.05) is 67.1 Å². The van der Waals surface area contributed by atoms with Gasteiger partial charge in [0.1, 0.15) is 24.4 Å². The van der Waals surface area contributed by atoms with Crippen LogP contribution >= 0.6 is 0 Å². The van der Waals surface area contributed by atoms with Crippen molar-refractivity contribution in [3.05, 3.63) is 71.8 Å². The van der Waals surface area contributed by atoms with Crippen LogP contribution in [-0.4, -0.2) is 111 Å². The number of Topliss-reactive ketones (excluding diaryl/α,β-unsaturated/α-hetero) is 1. The molecule has 0 bridgehead atoms. The zero-order valence-electron chi connectivity index (χ0n) is 22.9. The van der Waals surface area contributed by atoms with Gasteiger partial charge in [0, 0.05) is 24.1 Å². The molecule has 3 rings (SSSR count). The molecule has 13 heteroatoms. The molecule has 0 unspecified atom stereocenters. The van der Waals surface area contributed by atoms with Crippen molar-refractivity contribution in [2.45, 2.75) is 74.7 Å². The fraction of sp³-hybridized carbons (Fsp3) is 0.536. The highest BCUT2D eigenvalue weighted by Crippen LogP contribution is 2.30. The second-order valence-corrected chi connectivity index (χ2v) is 11.1. The predicted molar refractivity (Wildman–Crippen MR) is 149 cm³/mol. The standard InChI is InChI=1S/C22H27NO2.C6H14O9S/c1-23-19(15-21(24)17-9-4-2-5-10-17)13-8-14-20(23)16-22(25)18-11-6-3-7-12-18;7-1-3(9)5(11)6(4(10)2-8)15-16(12,13)14/h2-7,9-12,19-21,24H,8,13-16H2,1H3;3-11H,1-2H2,(H,12,13,14)/t19-,20+,21-;3-,4-,5-,6-/m01/s1. The van der Waals surface area contributed by atoms with Gasteiger partial charge < -0.3 is 30.6 Å². The van der Waals surface area contributed by atoms with Gasteiger partial charge in [0.15, 0.2) is 5.78 Å². The van der Waals surface area contributed by atoms with Crippen LogP contribution in [0.2, 0.25) is 0 Å². The number of piperidine rings is 1. The Kier molecular flexibility index (Phi) is 14.4. The number of carbonyl (C=O) groups is 1. The third-order valence-electron chi connectivity index (χ3n) is 7.14. The lowest BCUT2D eigenvalue weighted by Crippen LogP contribution is -2.49. The van der Waals surface area contributed by atoms with Crippen molar-refractivity contribution in [3.63, 3.8) is 0 Å². The molecule has 1 saturated heterocycles. The molecule has 0 saturated carbocycles. The molecular formula is C28H41NO11S. The predicted octanol–water partition coefficient (Wildman–Crippen LogP) is 0.478. The van der Waals surface area contributed by atoms with E-state index in [0.717, 1.165) is 36.8 Å². The number of hydrogen-bond donors (Lipinski definition) is 7. The first-order valence-electron chi connectivity index (χ1n) is 13.3. The number of likely N-dealkylation sites (tertiary alicyclic amines) is 1. The number of hydrogen-bond acceptors (Lipinski definition) is 11. The van der Waals surface area contributed by atoms with Crippen molar-refractivity contribution < 1.29 is 52.6 Å². The van der Waals surface area contributed by atoms with Gasteiger partial charge in [0.25, 0.3) is 0 Å². The molecule has 7 N–H and O–H groups in total. The molecule has 7 atom stereocenters. The molecule has 230 valence electrons. The van der Waals surface area contributed by atoms with Crippen LogP contribution in [0.1, 0.15) is 54.1 Å². The van der Waals surface area contributed by atoms with Crippen LogP contribution in [0.3, 0.4) is 0 Å². The maximum Gasteiger partial charge on any atom is 0.397 e. The molecule has 12 nitrogen and oxygen atoms in total. The first-order valence-corrected chi connectivity index (χ1v) is 14.7. The molecule has 2 aromatic carbocycles. The van der Waals surface area contributed by atoms with E-state index in [1.807, 2.05) is 60.7 Å². The molecule has 0 amide bonds. The van der Waals surface area contributed by atoms with Gasteiger partial charge in [0.2, 0.25) is 0 Å². The highest BCUT2D eigenvalue weighted by molar-refractivity contribution is 7.80. The zero-order valence-corrected chi connectivity index (χ0v) is 23.7. The maximum atomic E-state index is 12.5. The number of carbonyl (C=O) groups excluding carboxylic acids is 1. The quantitative estimate of drug-likeness (QED) is 0.124. The number of nitrogens with zero attached hydrogens (tertiary/aromatic N) is 1. The van der Waals surface area contributed by atoms with Gasteiger partial charge in [-0.3, -0.25) is 14.2 Å². The fourth-order valence-corrected chi connectivity index (χ4v) is 5.29. The Morgan fingerprint density at radius 2 is 1.44 bits per heavy atom. The smallest absolute Gasteiger partial charge is 0.394 e. The van der Waals surface area contributed by atoms with Gasteiger partial charge in [-0.05, 0) is 31.9 Å². The highest BCUT2D eigenvalue weighted by atomic mass is 32.3. The number of ketones is 1. The van der Waals surface area contributed by atoms with Gasteiger partial charge in [-0.25, -0.2) is 4.18 Å². The Balaban J connectivity index is 0.000000320. The SMILES string of the molecule is CN1[C@@H](CC(=O)c2ccccc2)CCC[C@H]1C[C@H](O)c1ccccc1.O=S(=O)(O)O[C@@H]([C@H](O)[C@H](O)CO)[C@H](O)CO. The van der Waals surface area contributed by atoms with Crippen LogP contribution < -0.4 is 0 Å². The van der Waals surface area contributed by atoms with Crippen LogP contribution in [0.4, 0.5) is 0 Å². The summed E-state index contributed by atoms with van der Waals surface area (Å²) < 4.78 is 32.9. The summed E-state index contributed by atoms with van der Waals surface area (Å²) >= 11 is 0. The van der Waals surface area contributed by atoms with E-state index in [0.29, 0.717) is 12.5 Å². The summed E-state index contributed by atoms with van der Waals surface area (Å²) in [6, 6.07) is 20.0. The second kappa shape index (κ2) is 17.0. The largest absolute Gasteiger partial charge is 0.397 e. The molecule has 2 aromatic rings. The average molecular weight is 600 g/mol. The van der Waals surface area contributed by atoms with Gasteiger partial charge in [0.05, 0.1) is 19.3 Å². The van der Waals surface area contributed by atoms with Crippen LogP contribution in [0.25, 0.3) is 0 Å². The average Bonchev–Trinajstić information content (AvgIpc) is 2.97. The summed E-state index contributed by atoms with van der Waals surface area (Å²) in [7, 11) is -2.89. The minimum absolute atomic E-state index is 0.210. The lowest BCUT2D eigenvalue weighted by Gasteiger charge is -2.40. The number of rotatable bonds is 13. The molecule has 0 aliphatic carbocycles.